The van der Waals surface area contributed by atoms with E-state index in [1.807, 2.05) is 6.92 Å². The van der Waals surface area contributed by atoms with Crippen molar-refractivity contribution in [2.24, 2.45) is 0 Å². The lowest BCUT2D eigenvalue weighted by atomic mass is 10.4. The zero-order valence-electron chi connectivity index (χ0n) is 10.4. The predicted molar refractivity (Wildman–Crippen MR) is 71.8 cm³/mol. The Labute approximate surface area is 113 Å². The van der Waals surface area contributed by atoms with Crippen LogP contribution in [0.25, 0.3) is 0 Å². The van der Waals surface area contributed by atoms with Gasteiger partial charge in [-0.1, -0.05) is 19.1 Å². The standard InChI is InChI=1S/C11H14ClN3O4/c1-2-6-13-8-9(15(18)19)10(16)14(11(13)17)7-4-3-5-12/h3-4,8H,2,5-7H2,1H3. The molecule has 0 amide bonds. The van der Waals surface area contributed by atoms with Crippen LogP contribution in [-0.2, 0) is 13.1 Å². The Kier molecular flexibility index (Phi) is 5.50. The minimum Gasteiger partial charge on any atom is -0.293 e. The lowest BCUT2D eigenvalue weighted by molar-refractivity contribution is -0.387. The number of alkyl halides is 1. The van der Waals surface area contributed by atoms with Crippen LogP contribution < -0.4 is 11.2 Å². The van der Waals surface area contributed by atoms with Gasteiger partial charge in [0.15, 0.2) is 0 Å². The second-order valence-electron chi connectivity index (χ2n) is 3.79. The third kappa shape index (κ3) is 3.54. The van der Waals surface area contributed by atoms with Gasteiger partial charge in [-0.25, -0.2) is 4.79 Å². The van der Waals surface area contributed by atoms with E-state index >= 15 is 0 Å². The van der Waals surface area contributed by atoms with E-state index in [2.05, 4.69) is 0 Å². The molecular weight excluding hydrogens is 274 g/mol. The second kappa shape index (κ2) is 6.89. The summed E-state index contributed by atoms with van der Waals surface area (Å²) in [6, 6.07) is 0. The Bertz CT molecular complexity index is 603. The SMILES string of the molecule is CCCn1cc([N+](=O)[O-])c(=O)n(CC=CCCl)c1=O. The van der Waals surface area contributed by atoms with Gasteiger partial charge >= 0.3 is 16.9 Å². The number of aromatic nitrogens is 2. The first-order valence-electron chi connectivity index (χ1n) is 5.72. The maximum atomic E-state index is 12.0. The minimum absolute atomic E-state index is 0.0320. The first-order valence-corrected chi connectivity index (χ1v) is 6.26. The number of nitro groups is 1. The predicted octanol–water partition coefficient (Wildman–Crippen LogP) is 1.12. The molecule has 0 saturated carbocycles. The third-order valence-electron chi connectivity index (χ3n) is 2.42. The van der Waals surface area contributed by atoms with Crippen molar-refractivity contribution in [2.45, 2.75) is 26.4 Å². The molecule has 1 aromatic rings. The van der Waals surface area contributed by atoms with E-state index in [1.165, 1.54) is 10.6 Å². The molecule has 0 N–H and O–H groups in total. The molecule has 0 unspecified atom stereocenters. The van der Waals surface area contributed by atoms with Crippen LogP contribution in [0.2, 0.25) is 0 Å². The average Bonchev–Trinajstić information content (AvgIpc) is 2.36. The minimum atomic E-state index is -0.901. The molecule has 0 saturated heterocycles. The highest BCUT2D eigenvalue weighted by Crippen LogP contribution is 2.01. The van der Waals surface area contributed by atoms with E-state index in [4.69, 9.17) is 11.6 Å². The quantitative estimate of drug-likeness (QED) is 0.339. The third-order valence-corrected chi connectivity index (χ3v) is 2.60. The van der Waals surface area contributed by atoms with E-state index in [1.54, 1.807) is 6.08 Å². The lowest BCUT2D eigenvalue weighted by Crippen LogP contribution is -2.40. The Hall–Kier alpha value is -1.89. The number of nitrogens with zero attached hydrogens (tertiary/aromatic N) is 3. The van der Waals surface area contributed by atoms with Crippen molar-refractivity contribution in [3.8, 4) is 0 Å². The van der Waals surface area contributed by atoms with Gasteiger partial charge in [0.1, 0.15) is 0 Å². The summed E-state index contributed by atoms with van der Waals surface area (Å²) in [4.78, 5) is 33.8. The van der Waals surface area contributed by atoms with Crippen LogP contribution in [-0.4, -0.2) is 19.9 Å². The van der Waals surface area contributed by atoms with Crippen LogP contribution in [0.15, 0.2) is 27.9 Å². The molecule has 8 heteroatoms. The summed E-state index contributed by atoms with van der Waals surface area (Å²) in [5, 5.41) is 10.8. The molecule has 0 bridgehead atoms. The molecule has 0 aromatic carbocycles. The molecule has 7 nitrogen and oxygen atoms in total. The largest absolute Gasteiger partial charge is 0.350 e. The first kappa shape index (κ1) is 15.2. The molecule has 0 atom stereocenters. The fourth-order valence-electron chi connectivity index (χ4n) is 1.57. The Balaban J connectivity index is 3.41. The van der Waals surface area contributed by atoms with E-state index in [0.717, 1.165) is 10.8 Å². The fraction of sp³-hybridized carbons (Fsp3) is 0.455. The molecule has 0 aliphatic rings. The molecule has 19 heavy (non-hydrogen) atoms. The molecule has 1 aromatic heterocycles. The van der Waals surface area contributed by atoms with E-state index < -0.39 is 21.9 Å². The van der Waals surface area contributed by atoms with Crippen molar-refractivity contribution in [3.63, 3.8) is 0 Å². The van der Waals surface area contributed by atoms with Gasteiger partial charge in [0.25, 0.3) is 0 Å². The van der Waals surface area contributed by atoms with Crippen LogP contribution in [0.4, 0.5) is 5.69 Å². The second-order valence-corrected chi connectivity index (χ2v) is 4.10. The fourth-order valence-corrected chi connectivity index (χ4v) is 1.69. The summed E-state index contributed by atoms with van der Waals surface area (Å²) < 4.78 is 2.00. The first-order chi connectivity index (χ1) is 9.02. The maximum Gasteiger partial charge on any atom is 0.350 e. The molecule has 104 valence electrons. The molecule has 0 aliphatic carbocycles. The normalized spacial score (nSPS) is 11.1. The Morgan fingerprint density at radius 2 is 2.11 bits per heavy atom. The van der Waals surface area contributed by atoms with Gasteiger partial charge in [0.2, 0.25) is 0 Å². The summed E-state index contributed by atoms with van der Waals surface area (Å²) in [5.41, 5.74) is -2.06. The van der Waals surface area contributed by atoms with Crippen molar-refractivity contribution in [3.05, 3.63) is 49.3 Å². The van der Waals surface area contributed by atoms with Gasteiger partial charge in [-0.15, -0.1) is 11.6 Å². The van der Waals surface area contributed by atoms with Crippen molar-refractivity contribution in [2.75, 3.05) is 5.88 Å². The number of rotatable bonds is 6. The monoisotopic (exact) mass is 287 g/mol. The summed E-state index contributed by atoms with van der Waals surface area (Å²) in [6.07, 6.45) is 4.72. The van der Waals surface area contributed by atoms with Gasteiger partial charge in [0, 0.05) is 19.0 Å². The highest BCUT2D eigenvalue weighted by molar-refractivity contribution is 6.18. The number of hydrogen-bond donors (Lipinski definition) is 0. The highest BCUT2D eigenvalue weighted by atomic mass is 35.5. The van der Waals surface area contributed by atoms with Gasteiger partial charge in [0.05, 0.1) is 11.1 Å². The molecular formula is C11H14ClN3O4. The Morgan fingerprint density at radius 3 is 2.63 bits per heavy atom. The van der Waals surface area contributed by atoms with Crippen LogP contribution in [0.5, 0.6) is 0 Å². The molecule has 0 aliphatic heterocycles. The van der Waals surface area contributed by atoms with Gasteiger partial charge in [-0.3, -0.25) is 24.0 Å². The summed E-state index contributed by atoms with van der Waals surface area (Å²) in [5.74, 6) is 0.243. The summed E-state index contributed by atoms with van der Waals surface area (Å²) in [7, 11) is 0. The van der Waals surface area contributed by atoms with Gasteiger partial charge < -0.3 is 0 Å². The van der Waals surface area contributed by atoms with E-state index in [9.17, 15) is 19.7 Å². The molecule has 0 radical (unpaired) electrons. The van der Waals surface area contributed by atoms with Crippen molar-refractivity contribution in [1.29, 1.82) is 0 Å². The summed E-state index contributed by atoms with van der Waals surface area (Å²) >= 11 is 5.44. The summed E-state index contributed by atoms with van der Waals surface area (Å²) in [6.45, 7) is 2.12. The van der Waals surface area contributed by atoms with Crippen molar-refractivity contribution >= 4 is 17.3 Å². The van der Waals surface area contributed by atoms with Crippen LogP contribution in [0, 0.1) is 10.1 Å². The van der Waals surface area contributed by atoms with E-state index in [-0.39, 0.29) is 12.4 Å². The van der Waals surface area contributed by atoms with E-state index in [0.29, 0.717) is 13.0 Å². The zero-order valence-corrected chi connectivity index (χ0v) is 11.2. The zero-order chi connectivity index (χ0) is 14.4. The maximum absolute atomic E-state index is 12.0. The lowest BCUT2D eigenvalue weighted by Gasteiger charge is -2.07. The van der Waals surface area contributed by atoms with Crippen LogP contribution in [0.1, 0.15) is 13.3 Å². The Morgan fingerprint density at radius 1 is 1.42 bits per heavy atom. The molecule has 0 spiro atoms. The van der Waals surface area contributed by atoms with Gasteiger partial charge in [-0.05, 0) is 6.42 Å². The number of allylic oxidation sites excluding steroid dienone is 2. The highest BCUT2D eigenvalue weighted by Gasteiger charge is 2.18. The topological polar surface area (TPSA) is 87.1 Å². The smallest absolute Gasteiger partial charge is 0.293 e. The molecule has 0 fully saturated rings. The number of hydrogen-bond acceptors (Lipinski definition) is 4. The number of aryl methyl sites for hydroxylation is 1. The average molecular weight is 288 g/mol. The molecule has 1 heterocycles. The van der Waals surface area contributed by atoms with Crippen LogP contribution in [0.3, 0.4) is 0 Å². The number of halogens is 1. The van der Waals surface area contributed by atoms with Crippen LogP contribution >= 0.6 is 11.6 Å². The van der Waals surface area contributed by atoms with Gasteiger partial charge in [-0.2, -0.15) is 0 Å². The van der Waals surface area contributed by atoms with Crippen molar-refractivity contribution in [1.82, 2.24) is 9.13 Å². The molecule has 1 rings (SSSR count). The van der Waals surface area contributed by atoms with Crippen molar-refractivity contribution < 1.29 is 4.92 Å².